The van der Waals surface area contributed by atoms with Crippen LogP contribution in [0.4, 0.5) is 4.79 Å². The molecule has 0 saturated carbocycles. The molecule has 2 aromatic carbocycles. The van der Waals surface area contributed by atoms with Gasteiger partial charge in [0.05, 0.1) is 11.7 Å². The standard InChI is InChI=1S/C24H25N3O2/c1-24(2,3)29-23(28)26-14-16-6-5-7-17(12-16)18-8-9-21-20(13-18)19-10-11-25-15-22(19)27(21)4/h5-13,15H,14H2,1-4H3,(H,26,28). The molecule has 0 aliphatic carbocycles. The highest BCUT2D eigenvalue weighted by Crippen LogP contribution is 2.31. The highest BCUT2D eigenvalue weighted by atomic mass is 16.6. The van der Waals surface area contributed by atoms with Crippen molar-refractivity contribution in [2.75, 3.05) is 0 Å². The fraction of sp³-hybridized carbons (Fsp3) is 0.250. The molecule has 5 nitrogen and oxygen atoms in total. The van der Waals surface area contributed by atoms with Gasteiger partial charge >= 0.3 is 6.09 Å². The number of alkyl carbamates (subject to hydrolysis) is 1. The number of rotatable bonds is 3. The molecular formula is C24H25N3O2. The van der Waals surface area contributed by atoms with Gasteiger partial charge in [-0.2, -0.15) is 0 Å². The molecule has 0 unspecified atom stereocenters. The zero-order valence-electron chi connectivity index (χ0n) is 17.2. The van der Waals surface area contributed by atoms with Gasteiger partial charge in [0.25, 0.3) is 0 Å². The lowest BCUT2D eigenvalue weighted by molar-refractivity contribution is 0.0523. The molecule has 1 amide bonds. The summed E-state index contributed by atoms with van der Waals surface area (Å²) in [5.74, 6) is 0. The average Bonchev–Trinajstić information content (AvgIpc) is 2.98. The van der Waals surface area contributed by atoms with Crippen molar-refractivity contribution in [3.63, 3.8) is 0 Å². The fourth-order valence-electron chi connectivity index (χ4n) is 3.58. The van der Waals surface area contributed by atoms with Gasteiger partial charge < -0.3 is 14.6 Å². The van der Waals surface area contributed by atoms with E-state index in [0.29, 0.717) is 6.54 Å². The zero-order chi connectivity index (χ0) is 20.6. The second-order valence-corrected chi connectivity index (χ2v) is 8.24. The van der Waals surface area contributed by atoms with Crippen LogP contribution in [-0.2, 0) is 18.3 Å². The molecule has 2 heterocycles. The zero-order valence-corrected chi connectivity index (χ0v) is 17.2. The van der Waals surface area contributed by atoms with E-state index in [1.165, 1.54) is 16.3 Å². The number of hydrogen-bond donors (Lipinski definition) is 1. The quantitative estimate of drug-likeness (QED) is 0.511. The van der Waals surface area contributed by atoms with Crippen LogP contribution in [-0.4, -0.2) is 21.2 Å². The predicted octanol–water partition coefficient (Wildman–Crippen LogP) is 5.42. The second kappa shape index (κ2) is 7.24. The number of pyridine rings is 1. The molecule has 148 valence electrons. The lowest BCUT2D eigenvalue weighted by Crippen LogP contribution is -2.32. The summed E-state index contributed by atoms with van der Waals surface area (Å²) in [5.41, 5.74) is 5.07. The van der Waals surface area contributed by atoms with Crippen LogP contribution >= 0.6 is 0 Å². The Hall–Kier alpha value is -3.34. The highest BCUT2D eigenvalue weighted by Gasteiger charge is 2.16. The minimum atomic E-state index is -0.505. The maximum absolute atomic E-state index is 11.9. The number of nitrogens with one attached hydrogen (secondary N) is 1. The molecule has 1 N–H and O–H groups in total. The Morgan fingerprint density at radius 1 is 1.03 bits per heavy atom. The molecule has 0 radical (unpaired) electrons. The van der Waals surface area contributed by atoms with Crippen LogP contribution in [0.2, 0.25) is 0 Å². The van der Waals surface area contributed by atoms with Crippen LogP contribution in [0.1, 0.15) is 26.3 Å². The van der Waals surface area contributed by atoms with E-state index in [-0.39, 0.29) is 0 Å². The van der Waals surface area contributed by atoms with E-state index in [0.717, 1.165) is 22.2 Å². The molecule has 0 atom stereocenters. The summed E-state index contributed by atoms with van der Waals surface area (Å²) < 4.78 is 7.48. The molecule has 5 heteroatoms. The van der Waals surface area contributed by atoms with Crippen molar-refractivity contribution in [1.82, 2.24) is 14.9 Å². The van der Waals surface area contributed by atoms with Gasteiger partial charge in [-0.3, -0.25) is 4.98 Å². The van der Waals surface area contributed by atoms with E-state index in [1.807, 2.05) is 45.3 Å². The average molecular weight is 387 g/mol. The number of hydrogen-bond acceptors (Lipinski definition) is 3. The van der Waals surface area contributed by atoms with E-state index in [1.54, 1.807) is 0 Å². The molecule has 4 aromatic rings. The summed E-state index contributed by atoms with van der Waals surface area (Å²) >= 11 is 0. The van der Waals surface area contributed by atoms with Gasteiger partial charge in [-0.1, -0.05) is 24.3 Å². The molecular weight excluding hydrogens is 362 g/mol. The number of fused-ring (bicyclic) bond motifs is 3. The minimum Gasteiger partial charge on any atom is -0.444 e. The molecule has 4 rings (SSSR count). The lowest BCUT2D eigenvalue weighted by atomic mass is 10.0. The van der Waals surface area contributed by atoms with Gasteiger partial charge in [0, 0.05) is 36.1 Å². The second-order valence-electron chi connectivity index (χ2n) is 8.24. The molecule has 0 bridgehead atoms. The first-order chi connectivity index (χ1) is 13.8. The number of carbonyl (C=O) groups excluding carboxylic acids is 1. The van der Waals surface area contributed by atoms with Crippen molar-refractivity contribution in [3.8, 4) is 11.1 Å². The number of nitrogens with zero attached hydrogens (tertiary/aromatic N) is 2. The number of benzene rings is 2. The topological polar surface area (TPSA) is 56.2 Å². The summed E-state index contributed by atoms with van der Waals surface area (Å²) in [6, 6.07) is 16.8. The molecule has 2 aromatic heterocycles. The molecule has 29 heavy (non-hydrogen) atoms. The first kappa shape index (κ1) is 19.0. The summed E-state index contributed by atoms with van der Waals surface area (Å²) in [6.45, 7) is 5.98. The number of aryl methyl sites for hydroxylation is 1. The maximum atomic E-state index is 11.9. The van der Waals surface area contributed by atoms with Crippen molar-refractivity contribution in [1.29, 1.82) is 0 Å². The van der Waals surface area contributed by atoms with Gasteiger partial charge in [0.2, 0.25) is 0 Å². The van der Waals surface area contributed by atoms with Crippen LogP contribution in [0, 0.1) is 0 Å². The van der Waals surface area contributed by atoms with Gasteiger partial charge in [-0.15, -0.1) is 0 Å². The third-order valence-corrected chi connectivity index (χ3v) is 4.91. The number of aromatic nitrogens is 2. The summed E-state index contributed by atoms with van der Waals surface area (Å²) in [7, 11) is 2.06. The summed E-state index contributed by atoms with van der Waals surface area (Å²) in [6.07, 6.45) is 3.32. The smallest absolute Gasteiger partial charge is 0.407 e. The molecule has 0 spiro atoms. The van der Waals surface area contributed by atoms with Crippen LogP contribution in [0.15, 0.2) is 60.9 Å². The Bertz CT molecular complexity index is 1200. The Labute approximate surface area is 170 Å². The van der Waals surface area contributed by atoms with E-state index < -0.39 is 11.7 Å². The number of amides is 1. The highest BCUT2D eigenvalue weighted by molar-refractivity contribution is 6.08. The van der Waals surface area contributed by atoms with E-state index in [4.69, 9.17) is 4.74 Å². The van der Waals surface area contributed by atoms with Gasteiger partial charge in [-0.05, 0) is 61.7 Å². The first-order valence-corrected chi connectivity index (χ1v) is 9.70. The fourth-order valence-corrected chi connectivity index (χ4v) is 3.58. The maximum Gasteiger partial charge on any atom is 0.407 e. The van der Waals surface area contributed by atoms with Crippen molar-refractivity contribution < 1.29 is 9.53 Å². The molecule has 0 fully saturated rings. The Balaban J connectivity index is 1.62. The Kier molecular flexibility index (Phi) is 4.74. The van der Waals surface area contributed by atoms with Crippen molar-refractivity contribution in [3.05, 3.63) is 66.5 Å². The van der Waals surface area contributed by atoms with Crippen LogP contribution in [0.25, 0.3) is 32.9 Å². The van der Waals surface area contributed by atoms with Crippen LogP contribution in [0.3, 0.4) is 0 Å². The largest absolute Gasteiger partial charge is 0.444 e. The number of ether oxygens (including phenoxy) is 1. The third-order valence-electron chi connectivity index (χ3n) is 4.91. The van der Waals surface area contributed by atoms with Crippen LogP contribution in [0.5, 0.6) is 0 Å². The third kappa shape index (κ3) is 3.94. The van der Waals surface area contributed by atoms with Crippen molar-refractivity contribution in [2.24, 2.45) is 7.05 Å². The molecule has 0 saturated heterocycles. The van der Waals surface area contributed by atoms with E-state index >= 15 is 0 Å². The first-order valence-electron chi connectivity index (χ1n) is 9.70. The monoisotopic (exact) mass is 387 g/mol. The summed E-state index contributed by atoms with van der Waals surface area (Å²) in [4.78, 5) is 16.2. The van der Waals surface area contributed by atoms with Crippen LogP contribution < -0.4 is 5.32 Å². The Morgan fingerprint density at radius 2 is 1.83 bits per heavy atom. The number of carbonyl (C=O) groups is 1. The lowest BCUT2D eigenvalue weighted by Gasteiger charge is -2.19. The Morgan fingerprint density at radius 3 is 2.62 bits per heavy atom. The normalized spacial score (nSPS) is 11.7. The SMILES string of the molecule is Cn1c2ccc(-c3cccc(CNC(=O)OC(C)(C)C)c3)cc2c2ccncc21. The van der Waals surface area contributed by atoms with Crippen molar-refractivity contribution >= 4 is 27.9 Å². The van der Waals surface area contributed by atoms with Gasteiger partial charge in [0.15, 0.2) is 0 Å². The molecule has 0 aliphatic rings. The summed E-state index contributed by atoms with van der Waals surface area (Å²) in [5, 5.41) is 5.22. The van der Waals surface area contributed by atoms with E-state index in [2.05, 4.69) is 58.3 Å². The minimum absolute atomic E-state index is 0.409. The predicted molar refractivity (Wildman–Crippen MR) is 117 cm³/mol. The van der Waals surface area contributed by atoms with Gasteiger partial charge in [0.1, 0.15) is 5.60 Å². The van der Waals surface area contributed by atoms with E-state index in [9.17, 15) is 4.79 Å². The van der Waals surface area contributed by atoms with Crippen molar-refractivity contribution in [2.45, 2.75) is 32.9 Å². The molecule has 0 aliphatic heterocycles. The van der Waals surface area contributed by atoms with Gasteiger partial charge in [-0.25, -0.2) is 4.79 Å².